The Labute approximate surface area is 137 Å². The van der Waals surface area contributed by atoms with E-state index >= 15 is 0 Å². The summed E-state index contributed by atoms with van der Waals surface area (Å²) >= 11 is 0. The van der Waals surface area contributed by atoms with Gasteiger partial charge in [0.1, 0.15) is 5.65 Å². The van der Waals surface area contributed by atoms with Crippen molar-refractivity contribution >= 4 is 17.9 Å². The van der Waals surface area contributed by atoms with E-state index in [1.54, 1.807) is 6.20 Å². The summed E-state index contributed by atoms with van der Waals surface area (Å²) in [4.78, 5) is 14.7. The molecular weight excluding hydrogens is 293 g/mol. The van der Waals surface area contributed by atoms with Crippen LogP contribution in [0.4, 0.5) is 10.2 Å². The lowest BCUT2D eigenvalue weighted by Gasteiger charge is -2.05. The lowest BCUT2D eigenvalue weighted by molar-refractivity contribution is -0.105. The highest BCUT2D eigenvalue weighted by atomic mass is 19.1. The van der Waals surface area contributed by atoms with Crippen LogP contribution in [0.25, 0.3) is 16.8 Å². The van der Waals surface area contributed by atoms with Crippen molar-refractivity contribution in [2.24, 2.45) is 0 Å². The van der Waals surface area contributed by atoms with Gasteiger partial charge in [0.05, 0.1) is 13.4 Å². The number of halogens is 1. The van der Waals surface area contributed by atoms with Crippen LogP contribution in [-0.2, 0) is 4.79 Å². The van der Waals surface area contributed by atoms with Gasteiger partial charge in [0.15, 0.2) is 5.82 Å². The average molecular weight is 317 g/mol. The highest BCUT2D eigenvalue weighted by molar-refractivity contribution is 5.72. The third-order valence-corrected chi connectivity index (χ3v) is 3.11. The molecule has 0 saturated carbocycles. The lowest BCUT2D eigenvalue weighted by Crippen LogP contribution is -1.92. The molecule has 0 fully saturated rings. The minimum absolute atomic E-state index is 0. The zero-order valence-electron chi connectivity index (χ0n) is 13.9. The fraction of sp³-hybridized carbons (Fsp3) is 0.222. The number of rotatable bonds is 3. The molecule has 2 aromatic heterocycles. The molecule has 0 aliphatic heterocycles. The number of aromatic nitrogens is 2. The third kappa shape index (κ3) is 4.39. The number of hydrogen-bond acceptors (Lipinski definition) is 2. The molecule has 1 N–H and O–H groups in total. The van der Waals surface area contributed by atoms with Crippen LogP contribution in [0, 0.1) is 6.92 Å². The first-order chi connectivity index (χ1) is 11.3. The van der Waals surface area contributed by atoms with E-state index in [2.05, 4.69) is 29.4 Å². The predicted molar refractivity (Wildman–Crippen MR) is 95.5 cm³/mol. The Hall–Kier alpha value is -2.69. The molecule has 0 aliphatic rings. The topological polar surface area (TPSA) is 46.4 Å². The van der Waals surface area contributed by atoms with Crippen molar-refractivity contribution in [3.05, 3.63) is 54.4 Å². The average Bonchev–Trinajstić information content (AvgIpc) is 3.01. The Kier molecular flexibility index (Phi) is 7.47. The minimum Gasteiger partial charge on any atom is -0.312 e. The van der Waals surface area contributed by atoms with E-state index in [1.165, 1.54) is 11.1 Å². The molecule has 1 aromatic carbocycles. The molecule has 0 bridgehead atoms. The number of imidazole rings is 1. The number of carbonyl (C=O) groups excluding carboxylic acids is 1. The first kappa shape index (κ1) is 18.4. The highest BCUT2D eigenvalue weighted by Crippen LogP contribution is 2.24. The van der Waals surface area contributed by atoms with Gasteiger partial charge in [0.2, 0.25) is 6.41 Å². The van der Waals surface area contributed by atoms with Crippen molar-refractivity contribution in [3.8, 4) is 11.1 Å². The Bertz CT molecular complexity index is 759. The molecule has 0 aliphatic carbocycles. The second-order valence-corrected chi connectivity index (χ2v) is 4.39. The van der Waals surface area contributed by atoms with Gasteiger partial charge >= 0.3 is 0 Å². The summed E-state index contributed by atoms with van der Waals surface area (Å²) in [5.41, 5.74) is 4.36. The summed E-state index contributed by atoms with van der Waals surface area (Å²) in [5, 5.41) is 2.56. The van der Waals surface area contributed by atoms with Gasteiger partial charge in [-0.1, -0.05) is 38.1 Å². The van der Waals surface area contributed by atoms with Crippen molar-refractivity contribution in [1.82, 2.24) is 9.38 Å². The number of amides is 1. The van der Waals surface area contributed by atoms with Crippen LogP contribution >= 0.6 is 0 Å². The van der Waals surface area contributed by atoms with Crippen LogP contribution in [-0.4, -0.2) is 23.0 Å². The monoisotopic (exact) mass is 317 g/mol. The number of aryl methyl sites for hydroxylation is 1. The van der Waals surface area contributed by atoms with Gasteiger partial charge in [-0.15, -0.1) is 0 Å². The zero-order chi connectivity index (χ0) is 17.2. The summed E-state index contributed by atoms with van der Waals surface area (Å²) in [5.74, 6) is 0.553. The van der Waals surface area contributed by atoms with Gasteiger partial charge in [-0.2, -0.15) is 0 Å². The lowest BCUT2D eigenvalue weighted by atomic mass is 10.0. The Morgan fingerprint density at radius 3 is 2.48 bits per heavy atom. The molecule has 0 unspecified atom stereocenters. The molecule has 0 atom stereocenters. The maximum atomic E-state index is 10.4. The fourth-order valence-electron chi connectivity index (χ4n) is 2.18. The molecule has 3 aromatic rings. The van der Waals surface area contributed by atoms with Crippen LogP contribution in [0.15, 0.2) is 48.8 Å². The largest absolute Gasteiger partial charge is 0.312 e. The number of alkyl halides is 1. The summed E-state index contributed by atoms with van der Waals surface area (Å²) in [6, 6.07) is 12.2. The minimum atomic E-state index is 0. The number of fused-ring (bicyclic) bond motifs is 1. The van der Waals surface area contributed by atoms with Crippen molar-refractivity contribution < 1.29 is 10.6 Å². The molecule has 3 rings (SSSR count). The molecule has 0 radical (unpaired) electrons. The van der Waals surface area contributed by atoms with Crippen LogP contribution in [0.1, 0.15) is 20.8 Å². The summed E-state index contributed by atoms with van der Waals surface area (Å²) in [6.45, 7) is 6.09. The van der Waals surface area contributed by atoms with E-state index in [0.717, 1.165) is 11.2 Å². The van der Waals surface area contributed by atoms with Gasteiger partial charge in [-0.3, -0.25) is 9.18 Å². The summed E-state index contributed by atoms with van der Waals surface area (Å²) in [6.07, 6.45) is 4.44. The van der Waals surface area contributed by atoms with Gasteiger partial charge in [0.25, 0.3) is 0 Å². The normalized spacial score (nSPS) is 9.26. The van der Waals surface area contributed by atoms with Crippen LogP contribution in [0.3, 0.4) is 0 Å². The zero-order valence-corrected chi connectivity index (χ0v) is 13.9. The molecule has 23 heavy (non-hydrogen) atoms. The van der Waals surface area contributed by atoms with Gasteiger partial charge in [0, 0.05) is 7.62 Å². The maximum Gasteiger partial charge on any atom is 0.212 e. The first-order valence-electron chi connectivity index (χ1n) is 7.40. The standard InChI is InChI=1S/C15H13N3O.C2H6.CH3F.H2/c1-11-4-2-3-5-13(11)12-6-7-15-17-14(16-10-19)9-18(15)8-12;2*1-2;/h2-10H,1H3,(H,16,19);1-2H3;1H3;1H. The molecule has 4 nitrogen and oxygen atoms in total. The quantitative estimate of drug-likeness (QED) is 0.709. The molecular formula is C18H24FN3O. The second-order valence-electron chi connectivity index (χ2n) is 4.39. The maximum absolute atomic E-state index is 10.4. The Balaban J connectivity index is 0.000000987. The first-order valence-corrected chi connectivity index (χ1v) is 7.40. The molecule has 124 valence electrons. The number of nitrogens with zero attached hydrogens (tertiary/aromatic N) is 2. The van der Waals surface area contributed by atoms with E-state index in [1.807, 2.05) is 48.7 Å². The summed E-state index contributed by atoms with van der Waals surface area (Å²) in [7, 11) is 0.500. The van der Waals surface area contributed by atoms with E-state index in [4.69, 9.17) is 0 Å². The van der Waals surface area contributed by atoms with E-state index in [0.29, 0.717) is 19.4 Å². The SMILES string of the molecule is CC.CF.Cc1ccccc1-c1ccc2nc(NC=O)cn2c1.[HH]. The smallest absolute Gasteiger partial charge is 0.212 e. The third-order valence-electron chi connectivity index (χ3n) is 3.11. The van der Waals surface area contributed by atoms with Crippen LogP contribution < -0.4 is 5.32 Å². The molecule has 5 heteroatoms. The predicted octanol–water partition coefficient (Wildman–Crippen LogP) is 4.74. The van der Waals surface area contributed by atoms with E-state index < -0.39 is 0 Å². The van der Waals surface area contributed by atoms with Crippen molar-refractivity contribution in [2.45, 2.75) is 20.8 Å². The van der Waals surface area contributed by atoms with Crippen molar-refractivity contribution in [3.63, 3.8) is 0 Å². The second kappa shape index (κ2) is 9.35. The number of hydrogen-bond donors (Lipinski definition) is 1. The van der Waals surface area contributed by atoms with Crippen molar-refractivity contribution in [2.75, 3.05) is 12.5 Å². The van der Waals surface area contributed by atoms with Crippen LogP contribution in [0.2, 0.25) is 0 Å². The van der Waals surface area contributed by atoms with E-state index in [-0.39, 0.29) is 1.43 Å². The molecule has 1 amide bonds. The molecule has 2 heterocycles. The fourth-order valence-corrected chi connectivity index (χ4v) is 2.18. The number of anilines is 1. The number of carbonyl (C=O) groups is 1. The number of pyridine rings is 1. The highest BCUT2D eigenvalue weighted by Gasteiger charge is 2.04. The number of benzene rings is 1. The Morgan fingerprint density at radius 1 is 1.13 bits per heavy atom. The Morgan fingerprint density at radius 2 is 1.83 bits per heavy atom. The van der Waals surface area contributed by atoms with Crippen molar-refractivity contribution in [1.29, 1.82) is 0 Å². The molecule has 0 spiro atoms. The number of nitrogens with one attached hydrogen (secondary N) is 1. The van der Waals surface area contributed by atoms with E-state index in [9.17, 15) is 9.18 Å². The van der Waals surface area contributed by atoms with Gasteiger partial charge in [-0.25, -0.2) is 4.98 Å². The van der Waals surface area contributed by atoms with Crippen LogP contribution in [0.5, 0.6) is 0 Å². The van der Waals surface area contributed by atoms with Gasteiger partial charge in [-0.05, 0) is 35.7 Å². The molecule has 0 saturated heterocycles. The summed E-state index contributed by atoms with van der Waals surface area (Å²) < 4.78 is 11.4. The van der Waals surface area contributed by atoms with Gasteiger partial charge < -0.3 is 9.72 Å².